The van der Waals surface area contributed by atoms with E-state index in [1.54, 1.807) is 17.9 Å². The molecule has 2 atom stereocenters. The molecule has 0 aliphatic heterocycles. The number of carbonyl (C=O) groups is 2. The first-order chi connectivity index (χ1) is 13.4. The van der Waals surface area contributed by atoms with Gasteiger partial charge in [0.25, 0.3) is 0 Å². The molecule has 0 saturated heterocycles. The molecule has 0 heterocycles. The lowest BCUT2D eigenvalue weighted by molar-refractivity contribution is -0.140. The van der Waals surface area contributed by atoms with E-state index in [1.807, 2.05) is 62.4 Å². The molecular formula is C23H29ClN2O2. The van der Waals surface area contributed by atoms with Crippen molar-refractivity contribution in [3.05, 3.63) is 70.7 Å². The van der Waals surface area contributed by atoms with E-state index in [0.717, 1.165) is 17.5 Å². The number of hydrogen-bond acceptors (Lipinski definition) is 2. The van der Waals surface area contributed by atoms with Crippen LogP contribution in [0.3, 0.4) is 0 Å². The maximum atomic E-state index is 13.0. The van der Waals surface area contributed by atoms with Crippen molar-refractivity contribution in [2.24, 2.45) is 0 Å². The standard InChI is InChI=1S/C23H29ClN2O2/c1-4-17(2)25-23(28)18(3)26(16-20-12-8-9-13-21(20)24)22(27)15-14-19-10-6-5-7-11-19/h5-13,17-18H,4,14-16H2,1-3H3,(H,25,28)/t17-,18-/m0/s1. The molecule has 0 radical (unpaired) electrons. The first kappa shape index (κ1) is 22.0. The number of nitrogens with one attached hydrogen (secondary N) is 1. The maximum Gasteiger partial charge on any atom is 0.242 e. The summed E-state index contributed by atoms with van der Waals surface area (Å²) in [6.07, 6.45) is 1.82. The third-order valence-electron chi connectivity index (χ3n) is 4.94. The van der Waals surface area contributed by atoms with Crippen molar-refractivity contribution < 1.29 is 9.59 Å². The van der Waals surface area contributed by atoms with E-state index in [-0.39, 0.29) is 17.9 Å². The molecule has 0 saturated carbocycles. The highest BCUT2D eigenvalue weighted by Gasteiger charge is 2.27. The second kappa shape index (κ2) is 10.9. The van der Waals surface area contributed by atoms with Gasteiger partial charge >= 0.3 is 0 Å². The van der Waals surface area contributed by atoms with Crippen LogP contribution in [0.5, 0.6) is 0 Å². The Morgan fingerprint density at radius 3 is 2.32 bits per heavy atom. The first-order valence-electron chi connectivity index (χ1n) is 9.79. The van der Waals surface area contributed by atoms with Gasteiger partial charge in [-0.15, -0.1) is 0 Å². The van der Waals surface area contributed by atoms with Crippen LogP contribution >= 0.6 is 11.6 Å². The van der Waals surface area contributed by atoms with E-state index in [1.165, 1.54) is 0 Å². The molecule has 0 spiro atoms. The van der Waals surface area contributed by atoms with Gasteiger partial charge in [0.1, 0.15) is 6.04 Å². The lowest BCUT2D eigenvalue weighted by atomic mass is 10.1. The maximum absolute atomic E-state index is 13.0. The minimum Gasteiger partial charge on any atom is -0.352 e. The molecule has 5 heteroatoms. The number of aryl methyl sites for hydroxylation is 1. The van der Waals surface area contributed by atoms with Crippen LogP contribution in [0.1, 0.15) is 44.7 Å². The fourth-order valence-corrected chi connectivity index (χ4v) is 3.09. The quantitative estimate of drug-likeness (QED) is 0.668. The summed E-state index contributed by atoms with van der Waals surface area (Å²) in [5.41, 5.74) is 1.94. The Morgan fingerprint density at radius 1 is 1.04 bits per heavy atom. The predicted octanol–water partition coefficient (Wildman–Crippen LogP) is 4.60. The molecule has 1 N–H and O–H groups in total. The van der Waals surface area contributed by atoms with E-state index >= 15 is 0 Å². The van der Waals surface area contributed by atoms with Crippen molar-refractivity contribution in [3.63, 3.8) is 0 Å². The molecule has 2 rings (SSSR count). The van der Waals surface area contributed by atoms with Crippen molar-refractivity contribution >= 4 is 23.4 Å². The van der Waals surface area contributed by atoms with Crippen molar-refractivity contribution in [2.45, 2.75) is 58.7 Å². The Bertz CT molecular complexity index is 779. The highest BCUT2D eigenvalue weighted by Crippen LogP contribution is 2.19. The van der Waals surface area contributed by atoms with Crippen molar-refractivity contribution in [1.29, 1.82) is 0 Å². The molecule has 28 heavy (non-hydrogen) atoms. The van der Waals surface area contributed by atoms with Crippen LogP contribution in [-0.2, 0) is 22.6 Å². The third kappa shape index (κ3) is 6.38. The number of rotatable bonds is 9. The number of amides is 2. The van der Waals surface area contributed by atoms with Crippen LogP contribution in [0, 0.1) is 0 Å². The van der Waals surface area contributed by atoms with Crippen LogP contribution < -0.4 is 5.32 Å². The largest absolute Gasteiger partial charge is 0.352 e. The van der Waals surface area contributed by atoms with Crippen molar-refractivity contribution in [2.75, 3.05) is 0 Å². The average Bonchev–Trinajstić information content (AvgIpc) is 2.71. The Labute approximate surface area is 172 Å². The van der Waals surface area contributed by atoms with Crippen LogP contribution in [0.2, 0.25) is 5.02 Å². The highest BCUT2D eigenvalue weighted by atomic mass is 35.5. The van der Waals surface area contributed by atoms with Gasteiger partial charge < -0.3 is 10.2 Å². The summed E-state index contributed by atoms with van der Waals surface area (Å²) in [5, 5.41) is 3.57. The van der Waals surface area contributed by atoms with Gasteiger partial charge in [0.15, 0.2) is 0 Å². The van der Waals surface area contributed by atoms with Gasteiger partial charge in [-0.05, 0) is 43.9 Å². The summed E-state index contributed by atoms with van der Waals surface area (Å²) in [6, 6.07) is 16.8. The van der Waals surface area contributed by atoms with Crippen molar-refractivity contribution in [3.8, 4) is 0 Å². The zero-order chi connectivity index (χ0) is 20.5. The average molecular weight is 401 g/mol. The molecule has 2 amide bonds. The molecule has 150 valence electrons. The number of halogens is 1. The lowest BCUT2D eigenvalue weighted by Gasteiger charge is -2.30. The molecule has 0 bridgehead atoms. The molecule has 2 aromatic carbocycles. The number of benzene rings is 2. The summed E-state index contributed by atoms with van der Waals surface area (Å²) in [6.45, 7) is 6.06. The van der Waals surface area contributed by atoms with Gasteiger partial charge in [0, 0.05) is 24.0 Å². The molecule has 0 aliphatic rings. The molecule has 2 aromatic rings. The van der Waals surface area contributed by atoms with Crippen LogP contribution in [0.15, 0.2) is 54.6 Å². The second-order valence-corrected chi connectivity index (χ2v) is 7.50. The fraction of sp³-hybridized carbons (Fsp3) is 0.391. The summed E-state index contributed by atoms with van der Waals surface area (Å²) >= 11 is 6.30. The Kier molecular flexibility index (Phi) is 8.52. The minimum absolute atomic E-state index is 0.0597. The monoisotopic (exact) mass is 400 g/mol. The normalized spacial score (nSPS) is 12.9. The molecule has 0 aliphatic carbocycles. The summed E-state index contributed by atoms with van der Waals surface area (Å²) in [5.74, 6) is -0.204. The Morgan fingerprint density at radius 2 is 1.68 bits per heavy atom. The molecule has 4 nitrogen and oxygen atoms in total. The minimum atomic E-state index is -0.575. The zero-order valence-corrected chi connectivity index (χ0v) is 17.6. The number of nitrogens with zero attached hydrogens (tertiary/aromatic N) is 1. The lowest BCUT2D eigenvalue weighted by Crippen LogP contribution is -2.49. The summed E-state index contributed by atoms with van der Waals surface area (Å²) in [4.78, 5) is 27.3. The van der Waals surface area contributed by atoms with Crippen LogP contribution in [0.25, 0.3) is 0 Å². The van der Waals surface area contributed by atoms with E-state index in [4.69, 9.17) is 11.6 Å². The van der Waals surface area contributed by atoms with Crippen LogP contribution in [-0.4, -0.2) is 28.8 Å². The first-order valence-corrected chi connectivity index (χ1v) is 10.2. The smallest absolute Gasteiger partial charge is 0.242 e. The van der Waals surface area contributed by atoms with Gasteiger partial charge in [-0.2, -0.15) is 0 Å². The number of carbonyl (C=O) groups excluding carboxylic acids is 2. The van der Waals surface area contributed by atoms with E-state index in [9.17, 15) is 9.59 Å². The fourth-order valence-electron chi connectivity index (χ4n) is 2.90. The number of hydrogen-bond donors (Lipinski definition) is 1. The Balaban J connectivity index is 2.15. The molecule has 0 aromatic heterocycles. The second-order valence-electron chi connectivity index (χ2n) is 7.09. The summed E-state index contributed by atoms with van der Waals surface area (Å²) in [7, 11) is 0. The van der Waals surface area contributed by atoms with Gasteiger partial charge in [-0.1, -0.05) is 67.1 Å². The topological polar surface area (TPSA) is 49.4 Å². The predicted molar refractivity (Wildman–Crippen MR) is 114 cm³/mol. The van der Waals surface area contributed by atoms with E-state index in [0.29, 0.717) is 24.4 Å². The van der Waals surface area contributed by atoms with Crippen LogP contribution in [0.4, 0.5) is 0 Å². The van der Waals surface area contributed by atoms with Gasteiger partial charge in [0.2, 0.25) is 11.8 Å². The SMILES string of the molecule is CC[C@H](C)NC(=O)[C@H](C)N(Cc1ccccc1Cl)C(=O)CCc1ccccc1. The molecule has 0 unspecified atom stereocenters. The van der Waals surface area contributed by atoms with Gasteiger partial charge in [0.05, 0.1) is 0 Å². The van der Waals surface area contributed by atoms with Crippen molar-refractivity contribution in [1.82, 2.24) is 10.2 Å². The zero-order valence-electron chi connectivity index (χ0n) is 16.8. The molecular weight excluding hydrogens is 372 g/mol. The Hall–Kier alpha value is -2.33. The van der Waals surface area contributed by atoms with E-state index < -0.39 is 6.04 Å². The van der Waals surface area contributed by atoms with E-state index in [2.05, 4.69) is 5.32 Å². The highest BCUT2D eigenvalue weighted by molar-refractivity contribution is 6.31. The van der Waals surface area contributed by atoms with Gasteiger partial charge in [-0.3, -0.25) is 9.59 Å². The molecule has 0 fully saturated rings. The summed E-state index contributed by atoms with van der Waals surface area (Å²) < 4.78 is 0. The third-order valence-corrected chi connectivity index (χ3v) is 5.31. The van der Waals surface area contributed by atoms with Gasteiger partial charge in [-0.25, -0.2) is 0 Å².